The number of anilines is 2. The number of para-hydroxylation sites is 2. The van der Waals surface area contributed by atoms with Crippen LogP contribution in [0.25, 0.3) is 0 Å². The van der Waals surface area contributed by atoms with Crippen molar-refractivity contribution in [1.82, 2.24) is 5.32 Å². The molecule has 0 unspecified atom stereocenters. The molecular formula is C22H33N3O3. The Morgan fingerprint density at radius 2 is 1.68 bits per heavy atom. The first-order chi connectivity index (χ1) is 13.7. The highest BCUT2D eigenvalue weighted by molar-refractivity contribution is 5.96. The molecule has 2 N–H and O–H groups in total. The number of hydrogen-bond acceptors (Lipinski definition) is 4. The van der Waals surface area contributed by atoms with Crippen molar-refractivity contribution in [3.63, 3.8) is 0 Å². The predicted octanol–water partition coefficient (Wildman–Crippen LogP) is 3.18. The molecule has 2 fully saturated rings. The summed E-state index contributed by atoms with van der Waals surface area (Å²) in [7, 11) is 0. The minimum absolute atomic E-state index is 0.0163. The largest absolute Gasteiger partial charge is 0.378 e. The van der Waals surface area contributed by atoms with E-state index in [0.29, 0.717) is 13.2 Å². The molecule has 0 radical (unpaired) electrons. The molecule has 6 nitrogen and oxygen atoms in total. The fourth-order valence-corrected chi connectivity index (χ4v) is 4.04. The van der Waals surface area contributed by atoms with Gasteiger partial charge in [0, 0.05) is 31.5 Å². The number of carbonyl (C=O) groups excluding carboxylic acids is 2. The number of morpholine rings is 1. The molecular weight excluding hydrogens is 354 g/mol. The van der Waals surface area contributed by atoms with Crippen molar-refractivity contribution in [1.29, 1.82) is 0 Å². The van der Waals surface area contributed by atoms with Crippen LogP contribution < -0.4 is 15.5 Å². The Morgan fingerprint density at radius 1 is 1.04 bits per heavy atom. The molecule has 1 saturated carbocycles. The minimum atomic E-state index is -0.0163. The fraction of sp³-hybridized carbons (Fsp3) is 0.636. The van der Waals surface area contributed by atoms with Crippen LogP contribution in [0, 0.1) is 11.8 Å². The van der Waals surface area contributed by atoms with Crippen molar-refractivity contribution in [2.24, 2.45) is 11.8 Å². The number of ether oxygens (including phenoxy) is 1. The number of nitrogens with one attached hydrogen (secondary N) is 2. The summed E-state index contributed by atoms with van der Waals surface area (Å²) in [6.07, 6.45) is 5.24. The number of unbranched alkanes of at least 4 members (excludes halogenated alkanes) is 1. The van der Waals surface area contributed by atoms with Gasteiger partial charge in [0.1, 0.15) is 0 Å². The molecule has 6 heteroatoms. The van der Waals surface area contributed by atoms with Gasteiger partial charge in [-0.25, -0.2) is 0 Å². The molecule has 28 heavy (non-hydrogen) atoms. The maximum absolute atomic E-state index is 12.8. The lowest BCUT2D eigenvalue weighted by Crippen LogP contribution is -2.37. The van der Waals surface area contributed by atoms with E-state index in [1.165, 1.54) is 0 Å². The summed E-state index contributed by atoms with van der Waals surface area (Å²) in [5.41, 5.74) is 1.93. The Balaban J connectivity index is 1.52. The zero-order valence-corrected chi connectivity index (χ0v) is 16.9. The highest BCUT2D eigenvalue weighted by Crippen LogP contribution is 2.32. The van der Waals surface area contributed by atoms with Gasteiger partial charge in [-0.3, -0.25) is 9.59 Å². The van der Waals surface area contributed by atoms with Crippen LogP contribution in [0.4, 0.5) is 11.4 Å². The predicted molar refractivity (Wildman–Crippen MR) is 111 cm³/mol. The normalized spacial score (nSPS) is 22.5. The van der Waals surface area contributed by atoms with Gasteiger partial charge in [-0.2, -0.15) is 0 Å². The maximum Gasteiger partial charge on any atom is 0.227 e. The molecule has 1 aliphatic heterocycles. The Bertz CT molecular complexity index is 650. The zero-order chi connectivity index (χ0) is 19.8. The maximum atomic E-state index is 12.8. The van der Waals surface area contributed by atoms with Crippen molar-refractivity contribution in [3.8, 4) is 0 Å². The Hall–Kier alpha value is -2.08. The Morgan fingerprint density at radius 3 is 2.36 bits per heavy atom. The second kappa shape index (κ2) is 10.5. The number of rotatable bonds is 7. The summed E-state index contributed by atoms with van der Waals surface area (Å²) in [5, 5.41) is 6.17. The molecule has 1 aliphatic carbocycles. The number of hydrogen-bond donors (Lipinski definition) is 2. The lowest BCUT2D eigenvalue weighted by Gasteiger charge is -2.31. The highest BCUT2D eigenvalue weighted by atomic mass is 16.5. The third-order valence-electron chi connectivity index (χ3n) is 5.81. The third-order valence-corrected chi connectivity index (χ3v) is 5.81. The smallest absolute Gasteiger partial charge is 0.227 e. The molecule has 1 aromatic carbocycles. The van der Waals surface area contributed by atoms with Gasteiger partial charge in [0.05, 0.1) is 24.6 Å². The van der Waals surface area contributed by atoms with Crippen molar-refractivity contribution in [3.05, 3.63) is 24.3 Å². The lowest BCUT2D eigenvalue weighted by atomic mass is 9.81. The van der Waals surface area contributed by atoms with Crippen LogP contribution in [0.1, 0.15) is 45.4 Å². The molecule has 3 rings (SSSR count). The molecule has 2 amide bonds. The van der Waals surface area contributed by atoms with Gasteiger partial charge < -0.3 is 20.3 Å². The fourth-order valence-electron chi connectivity index (χ4n) is 4.04. The summed E-state index contributed by atoms with van der Waals surface area (Å²) in [5.74, 6) is 0.273. The Labute approximate surface area is 168 Å². The molecule has 0 bridgehead atoms. The summed E-state index contributed by atoms with van der Waals surface area (Å²) < 4.78 is 5.44. The van der Waals surface area contributed by atoms with E-state index >= 15 is 0 Å². The Kier molecular flexibility index (Phi) is 7.71. The third kappa shape index (κ3) is 5.47. The first kappa shape index (κ1) is 20.6. The lowest BCUT2D eigenvalue weighted by molar-refractivity contribution is -0.128. The second-order valence-corrected chi connectivity index (χ2v) is 7.80. The number of amides is 2. The van der Waals surface area contributed by atoms with E-state index < -0.39 is 0 Å². The van der Waals surface area contributed by atoms with E-state index in [0.717, 1.165) is 69.5 Å². The molecule has 1 heterocycles. The molecule has 2 aliphatic rings. The quantitative estimate of drug-likeness (QED) is 0.705. The molecule has 0 aromatic heterocycles. The van der Waals surface area contributed by atoms with E-state index in [-0.39, 0.29) is 23.7 Å². The van der Waals surface area contributed by atoms with Crippen LogP contribution in [0.2, 0.25) is 0 Å². The first-order valence-electron chi connectivity index (χ1n) is 10.7. The van der Waals surface area contributed by atoms with Crippen molar-refractivity contribution >= 4 is 23.2 Å². The average Bonchev–Trinajstić information content (AvgIpc) is 2.75. The number of benzene rings is 1. The zero-order valence-electron chi connectivity index (χ0n) is 16.9. The van der Waals surface area contributed by atoms with Gasteiger partial charge in [0.2, 0.25) is 11.8 Å². The summed E-state index contributed by atoms with van der Waals surface area (Å²) in [6.45, 7) is 5.98. The minimum Gasteiger partial charge on any atom is -0.378 e. The summed E-state index contributed by atoms with van der Waals surface area (Å²) in [4.78, 5) is 27.3. The number of carbonyl (C=O) groups is 2. The van der Waals surface area contributed by atoms with Crippen LogP contribution in [0.3, 0.4) is 0 Å². The van der Waals surface area contributed by atoms with Gasteiger partial charge in [0.15, 0.2) is 0 Å². The highest BCUT2D eigenvalue weighted by Gasteiger charge is 2.30. The topological polar surface area (TPSA) is 70.7 Å². The van der Waals surface area contributed by atoms with E-state index in [4.69, 9.17) is 4.74 Å². The van der Waals surface area contributed by atoms with Gasteiger partial charge in [-0.05, 0) is 44.2 Å². The first-order valence-corrected chi connectivity index (χ1v) is 10.7. The molecule has 1 saturated heterocycles. The van der Waals surface area contributed by atoms with Gasteiger partial charge in [0.25, 0.3) is 0 Å². The van der Waals surface area contributed by atoms with E-state index in [1.807, 2.05) is 18.2 Å². The van der Waals surface area contributed by atoms with Crippen molar-refractivity contribution in [2.45, 2.75) is 45.4 Å². The van der Waals surface area contributed by atoms with E-state index in [9.17, 15) is 9.59 Å². The monoisotopic (exact) mass is 387 g/mol. The molecule has 154 valence electrons. The van der Waals surface area contributed by atoms with Crippen LogP contribution in [0.15, 0.2) is 24.3 Å². The van der Waals surface area contributed by atoms with Crippen molar-refractivity contribution < 1.29 is 14.3 Å². The SMILES string of the molecule is CCCCNC(=O)C1CCC(C(=O)Nc2ccccc2N2CCOCC2)CC1. The van der Waals surface area contributed by atoms with Gasteiger partial charge >= 0.3 is 0 Å². The van der Waals surface area contributed by atoms with Gasteiger partial charge in [-0.1, -0.05) is 25.5 Å². The van der Waals surface area contributed by atoms with Crippen molar-refractivity contribution in [2.75, 3.05) is 43.1 Å². The van der Waals surface area contributed by atoms with Crippen LogP contribution in [-0.4, -0.2) is 44.7 Å². The van der Waals surface area contributed by atoms with Crippen LogP contribution in [-0.2, 0) is 14.3 Å². The average molecular weight is 388 g/mol. The second-order valence-electron chi connectivity index (χ2n) is 7.80. The molecule has 1 aromatic rings. The van der Waals surface area contributed by atoms with Crippen LogP contribution in [0.5, 0.6) is 0 Å². The molecule has 0 spiro atoms. The van der Waals surface area contributed by atoms with Gasteiger partial charge in [-0.15, -0.1) is 0 Å². The molecule has 0 atom stereocenters. The summed E-state index contributed by atoms with van der Waals surface area (Å²) >= 11 is 0. The van der Waals surface area contributed by atoms with Crippen LogP contribution >= 0.6 is 0 Å². The summed E-state index contributed by atoms with van der Waals surface area (Å²) in [6, 6.07) is 7.98. The van der Waals surface area contributed by atoms with E-state index in [1.54, 1.807) is 0 Å². The standard InChI is InChI=1S/C22H33N3O3/c1-2-3-12-23-21(26)17-8-10-18(11-9-17)22(27)24-19-6-4-5-7-20(19)25-13-15-28-16-14-25/h4-7,17-18H,2-3,8-16H2,1H3,(H,23,26)(H,24,27). The number of nitrogens with zero attached hydrogens (tertiary/aromatic N) is 1. The van der Waals surface area contributed by atoms with E-state index in [2.05, 4.69) is 28.5 Å².